The van der Waals surface area contributed by atoms with Crippen LogP contribution in [-0.4, -0.2) is 29.3 Å². The molecule has 3 heteroatoms. The summed E-state index contributed by atoms with van der Waals surface area (Å²) in [5.74, 6) is 1.43. The Labute approximate surface area is 97.0 Å². The molecular weight excluding hydrogens is 210 g/mol. The molecule has 0 N–H and O–H groups in total. The van der Waals surface area contributed by atoms with Crippen molar-refractivity contribution in [2.75, 3.05) is 12.4 Å². The van der Waals surface area contributed by atoms with Crippen LogP contribution in [-0.2, 0) is 4.79 Å². The van der Waals surface area contributed by atoms with Crippen LogP contribution in [0.25, 0.3) is 0 Å². The Kier molecular flexibility index (Phi) is 3.90. The zero-order valence-corrected chi connectivity index (χ0v) is 10.0. The Morgan fingerprint density at radius 2 is 1.87 bits per heavy atom. The quantitative estimate of drug-likeness (QED) is 0.664. The van der Waals surface area contributed by atoms with Crippen LogP contribution in [0.5, 0.6) is 0 Å². The maximum atomic E-state index is 12.1. The number of amides is 1. The number of carbonyl (C=O) groups is 1. The number of rotatable bonds is 5. The van der Waals surface area contributed by atoms with E-state index in [1.54, 1.807) is 0 Å². The molecule has 0 atom stereocenters. The second kappa shape index (κ2) is 5.20. The molecule has 86 valence electrons. The Bertz CT molecular complexity index is 224. The van der Waals surface area contributed by atoms with E-state index in [0.29, 0.717) is 23.7 Å². The van der Waals surface area contributed by atoms with Gasteiger partial charge in [-0.2, -0.15) is 0 Å². The summed E-state index contributed by atoms with van der Waals surface area (Å²) in [4.78, 5) is 14.3. The molecule has 2 saturated carbocycles. The number of halogens is 1. The predicted molar refractivity (Wildman–Crippen MR) is 62.0 cm³/mol. The lowest BCUT2D eigenvalue weighted by molar-refractivity contribution is -0.142. The average molecular weight is 230 g/mol. The van der Waals surface area contributed by atoms with Crippen molar-refractivity contribution < 1.29 is 4.79 Å². The molecule has 1 amide bonds. The summed E-state index contributed by atoms with van der Waals surface area (Å²) < 4.78 is 0. The molecular formula is C12H20ClNO. The Morgan fingerprint density at radius 3 is 2.27 bits per heavy atom. The largest absolute Gasteiger partial charge is 0.339 e. The number of hydrogen-bond acceptors (Lipinski definition) is 1. The van der Waals surface area contributed by atoms with Gasteiger partial charge in [0.15, 0.2) is 0 Å². The van der Waals surface area contributed by atoms with E-state index in [1.165, 1.54) is 25.7 Å². The summed E-state index contributed by atoms with van der Waals surface area (Å²) >= 11 is 5.71. The first-order valence-electron chi connectivity index (χ1n) is 6.19. The van der Waals surface area contributed by atoms with Gasteiger partial charge in [-0.1, -0.05) is 6.42 Å². The van der Waals surface area contributed by atoms with Gasteiger partial charge in [-0.05, 0) is 38.5 Å². The third-order valence-corrected chi connectivity index (χ3v) is 4.05. The van der Waals surface area contributed by atoms with E-state index in [0.717, 1.165) is 25.8 Å². The molecule has 15 heavy (non-hydrogen) atoms. The van der Waals surface area contributed by atoms with Crippen LogP contribution in [0.2, 0.25) is 0 Å². The van der Waals surface area contributed by atoms with Gasteiger partial charge in [-0.3, -0.25) is 4.79 Å². The van der Waals surface area contributed by atoms with Crippen molar-refractivity contribution in [3.8, 4) is 0 Å². The summed E-state index contributed by atoms with van der Waals surface area (Å²) in [6.45, 7) is 0.878. The van der Waals surface area contributed by atoms with Crippen molar-refractivity contribution in [2.45, 2.75) is 51.0 Å². The molecule has 0 aliphatic heterocycles. The first-order valence-corrected chi connectivity index (χ1v) is 6.73. The first-order chi connectivity index (χ1) is 7.33. The van der Waals surface area contributed by atoms with Gasteiger partial charge in [0.2, 0.25) is 5.91 Å². The zero-order valence-electron chi connectivity index (χ0n) is 9.25. The molecule has 0 heterocycles. The zero-order chi connectivity index (χ0) is 10.7. The fourth-order valence-electron chi connectivity index (χ4n) is 2.29. The molecule has 0 saturated heterocycles. The van der Waals surface area contributed by atoms with Crippen molar-refractivity contribution >= 4 is 17.5 Å². The van der Waals surface area contributed by atoms with E-state index >= 15 is 0 Å². The van der Waals surface area contributed by atoms with Crippen LogP contribution in [0, 0.1) is 5.92 Å². The third kappa shape index (κ3) is 2.47. The van der Waals surface area contributed by atoms with Gasteiger partial charge < -0.3 is 4.90 Å². The lowest BCUT2D eigenvalue weighted by Crippen LogP contribution is -2.48. The highest BCUT2D eigenvalue weighted by atomic mass is 35.5. The third-order valence-electron chi connectivity index (χ3n) is 3.79. The fraction of sp³-hybridized carbons (Fsp3) is 0.917. The van der Waals surface area contributed by atoms with Crippen LogP contribution in [0.15, 0.2) is 0 Å². The second-order valence-electron chi connectivity index (χ2n) is 4.79. The maximum Gasteiger partial charge on any atom is 0.225 e. The molecule has 0 radical (unpaired) electrons. The second-order valence-corrected chi connectivity index (χ2v) is 5.16. The summed E-state index contributed by atoms with van der Waals surface area (Å²) in [6.07, 6.45) is 8.12. The van der Waals surface area contributed by atoms with Crippen LogP contribution < -0.4 is 0 Å². The van der Waals surface area contributed by atoms with Crippen molar-refractivity contribution in [2.24, 2.45) is 5.92 Å². The van der Waals surface area contributed by atoms with E-state index < -0.39 is 0 Å². The van der Waals surface area contributed by atoms with Gasteiger partial charge in [-0.25, -0.2) is 0 Å². The lowest BCUT2D eigenvalue weighted by atomic mass is 9.82. The number of nitrogens with zero attached hydrogens (tertiary/aromatic N) is 1. The van der Waals surface area contributed by atoms with Gasteiger partial charge >= 0.3 is 0 Å². The minimum absolute atomic E-state index is 0.348. The SMILES string of the molecule is O=C(C1CCC1)N(CCCCl)C1CCC1. The van der Waals surface area contributed by atoms with E-state index in [1.807, 2.05) is 0 Å². The molecule has 0 bridgehead atoms. The van der Waals surface area contributed by atoms with E-state index in [4.69, 9.17) is 11.6 Å². The summed E-state index contributed by atoms with van der Waals surface area (Å²) in [5.41, 5.74) is 0. The van der Waals surface area contributed by atoms with Gasteiger partial charge in [-0.15, -0.1) is 11.6 Å². The lowest BCUT2D eigenvalue weighted by Gasteiger charge is -2.41. The van der Waals surface area contributed by atoms with Crippen LogP contribution in [0.4, 0.5) is 0 Å². The molecule has 0 aromatic heterocycles. The molecule has 2 aliphatic carbocycles. The molecule has 2 nitrogen and oxygen atoms in total. The molecule has 0 spiro atoms. The van der Waals surface area contributed by atoms with Crippen LogP contribution >= 0.6 is 11.6 Å². The Balaban J connectivity index is 1.87. The Morgan fingerprint density at radius 1 is 1.20 bits per heavy atom. The van der Waals surface area contributed by atoms with Gasteiger partial charge in [0.25, 0.3) is 0 Å². The standard InChI is InChI=1S/C12H20ClNO/c13-8-3-9-14(11-6-2-7-11)12(15)10-4-1-5-10/h10-11H,1-9H2. The highest BCUT2D eigenvalue weighted by molar-refractivity contribution is 6.17. The van der Waals surface area contributed by atoms with Crippen molar-refractivity contribution in [1.82, 2.24) is 4.90 Å². The number of alkyl halides is 1. The minimum atomic E-state index is 0.348. The predicted octanol–water partition coefficient (Wildman–Crippen LogP) is 2.80. The molecule has 0 unspecified atom stereocenters. The van der Waals surface area contributed by atoms with Gasteiger partial charge in [0, 0.05) is 24.4 Å². The summed E-state index contributed by atoms with van der Waals surface area (Å²) in [6, 6.07) is 0.543. The van der Waals surface area contributed by atoms with E-state index in [2.05, 4.69) is 4.90 Å². The number of carbonyl (C=O) groups excluding carboxylic acids is 1. The molecule has 2 fully saturated rings. The Hall–Kier alpha value is -0.240. The smallest absolute Gasteiger partial charge is 0.225 e. The molecule has 0 aromatic carbocycles. The maximum absolute atomic E-state index is 12.1. The van der Waals surface area contributed by atoms with E-state index in [-0.39, 0.29) is 0 Å². The van der Waals surface area contributed by atoms with Crippen LogP contribution in [0.1, 0.15) is 44.9 Å². The molecule has 2 aliphatic rings. The summed E-state index contributed by atoms with van der Waals surface area (Å²) in [5, 5.41) is 0. The average Bonchev–Trinajstić information content (AvgIpc) is 2.05. The first kappa shape index (κ1) is 11.3. The topological polar surface area (TPSA) is 20.3 Å². The van der Waals surface area contributed by atoms with Crippen molar-refractivity contribution in [3.05, 3.63) is 0 Å². The van der Waals surface area contributed by atoms with Gasteiger partial charge in [0.05, 0.1) is 0 Å². The molecule has 0 aromatic rings. The van der Waals surface area contributed by atoms with Crippen molar-refractivity contribution in [3.63, 3.8) is 0 Å². The molecule has 2 rings (SSSR count). The normalized spacial score (nSPS) is 21.9. The van der Waals surface area contributed by atoms with E-state index in [9.17, 15) is 4.79 Å². The van der Waals surface area contributed by atoms with Crippen LogP contribution in [0.3, 0.4) is 0 Å². The highest BCUT2D eigenvalue weighted by Gasteiger charge is 2.34. The number of hydrogen-bond donors (Lipinski definition) is 0. The van der Waals surface area contributed by atoms with Gasteiger partial charge in [0.1, 0.15) is 0 Å². The minimum Gasteiger partial charge on any atom is -0.339 e. The highest BCUT2D eigenvalue weighted by Crippen LogP contribution is 2.32. The monoisotopic (exact) mass is 229 g/mol. The fourth-order valence-corrected chi connectivity index (χ4v) is 2.41. The van der Waals surface area contributed by atoms with Crippen molar-refractivity contribution in [1.29, 1.82) is 0 Å². The summed E-state index contributed by atoms with van der Waals surface area (Å²) in [7, 11) is 0.